The maximum Gasteiger partial charge on any atom is 0.280 e. The van der Waals surface area contributed by atoms with Crippen LogP contribution in [0.5, 0.6) is 5.75 Å². The molecule has 1 aromatic carbocycles. The molecule has 4 aromatic rings. The number of rotatable bonds is 3. The third-order valence-corrected chi connectivity index (χ3v) is 3.96. The zero-order valence-corrected chi connectivity index (χ0v) is 12.9. The molecule has 0 atom stereocenters. The summed E-state index contributed by atoms with van der Waals surface area (Å²) in [5.41, 5.74) is 2.38. The zero-order chi connectivity index (χ0) is 16.7. The van der Waals surface area contributed by atoms with Crippen LogP contribution >= 0.6 is 0 Å². The topological polar surface area (TPSA) is 93.0 Å². The number of nitrogens with zero attached hydrogens (tertiary/aromatic N) is 3. The van der Waals surface area contributed by atoms with Gasteiger partial charge in [0.25, 0.3) is 5.56 Å². The second-order valence-electron chi connectivity index (χ2n) is 5.35. The van der Waals surface area contributed by atoms with Crippen molar-refractivity contribution >= 4 is 21.8 Å². The van der Waals surface area contributed by atoms with E-state index >= 15 is 0 Å². The van der Waals surface area contributed by atoms with Crippen molar-refractivity contribution in [2.45, 2.75) is 6.61 Å². The Bertz CT molecular complexity index is 1100. The van der Waals surface area contributed by atoms with E-state index in [9.17, 15) is 9.90 Å². The lowest BCUT2D eigenvalue weighted by Gasteiger charge is -2.03. The number of aliphatic hydroxyl groups excluding tert-OH is 1. The van der Waals surface area contributed by atoms with E-state index in [1.54, 1.807) is 43.6 Å². The van der Waals surface area contributed by atoms with Crippen LogP contribution in [0.4, 0.5) is 0 Å². The monoisotopic (exact) mass is 322 g/mol. The van der Waals surface area contributed by atoms with Crippen molar-refractivity contribution in [3.05, 3.63) is 58.8 Å². The van der Waals surface area contributed by atoms with Gasteiger partial charge in [-0.25, -0.2) is 4.68 Å². The summed E-state index contributed by atoms with van der Waals surface area (Å²) in [6.45, 7) is -0.154. The first-order valence-corrected chi connectivity index (χ1v) is 7.35. The molecule has 4 rings (SSSR count). The fourth-order valence-electron chi connectivity index (χ4n) is 2.69. The van der Waals surface area contributed by atoms with Gasteiger partial charge in [-0.2, -0.15) is 0 Å². The predicted octanol–water partition coefficient (Wildman–Crippen LogP) is 1.76. The number of pyridine rings is 2. The minimum atomic E-state index is -0.184. The normalized spacial score (nSPS) is 11.2. The quantitative estimate of drug-likeness (QED) is 0.599. The molecule has 0 unspecified atom stereocenters. The van der Waals surface area contributed by atoms with Gasteiger partial charge in [0.05, 0.1) is 41.5 Å². The third kappa shape index (κ3) is 2.14. The Morgan fingerprint density at radius 1 is 1.17 bits per heavy atom. The Balaban J connectivity index is 1.95. The van der Waals surface area contributed by atoms with Crippen molar-refractivity contribution in [2.75, 3.05) is 7.11 Å². The highest BCUT2D eigenvalue weighted by molar-refractivity contribution is 6.02. The molecule has 0 aliphatic carbocycles. The Morgan fingerprint density at radius 2 is 1.92 bits per heavy atom. The summed E-state index contributed by atoms with van der Waals surface area (Å²) in [7, 11) is 1.59. The lowest BCUT2D eigenvalue weighted by Crippen LogP contribution is -2.14. The van der Waals surface area contributed by atoms with Crippen LogP contribution in [0.1, 0.15) is 5.69 Å². The van der Waals surface area contributed by atoms with Crippen LogP contribution < -0.4 is 10.3 Å². The number of aromatic nitrogens is 4. The first-order valence-electron chi connectivity index (χ1n) is 7.35. The molecular weight excluding hydrogens is 308 g/mol. The molecule has 0 saturated heterocycles. The summed E-state index contributed by atoms with van der Waals surface area (Å²) in [5, 5.41) is 13.5. The van der Waals surface area contributed by atoms with Crippen LogP contribution in [0.2, 0.25) is 0 Å². The van der Waals surface area contributed by atoms with Crippen molar-refractivity contribution in [1.82, 2.24) is 19.7 Å². The molecule has 0 bridgehead atoms. The lowest BCUT2D eigenvalue weighted by atomic mass is 10.2. The van der Waals surface area contributed by atoms with E-state index in [1.165, 1.54) is 10.9 Å². The van der Waals surface area contributed by atoms with Crippen molar-refractivity contribution in [3.8, 4) is 11.4 Å². The highest BCUT2D eigenvalue weighted by atomic mass is 16.5. The number of aliphatic hydroxyl groups is 1. The Hall–Kier alpha value is -3.19. The van der Waals surface area contributed by atoms with Gasteiger partial charge in [0.15, 0.2) is 0 Å². The summed E-state index contributed by atoms with van der Waals surface area (Å²) >= 11 is 0. The van der Waals surface area contributed by atoms with Gasteiger partial charge in [-0.3, -0.25) is 19.9 Å². The van der Waals surface area contributed by atoms with E-state index in [0.717, 1.165) is 11.1 Å². The number of H-pyrrole nitrogens is 1. The van der Waals surface area contributed by atoms with Gasteiger partial charge in [0, 0.05) is 17.8 Å². The molecule has 7 nitrogen and oxygen atoms in total. The average molecular weight is 322 g/mol. The standard InChI is InChI=1S/C17H14N4O3/c1-24-12-4-2-11(3-5-12)21-17(23)14-8-19-15-6-10(9-22)18-7-13(15)16(14)20-21/h2-8,20,22H,9H2,1H3. The van der Waals surface area contributed by atoms with Gasteiger partial charge in [-0.05, 0) is 30.3 Å². The van der Waals surface area contributed by atoms with Gasteiger partial charge < -0.3 is 9.84 Å². The fraction of sp³-hybridized carbons (Fsp3) is 0.118. The molecular formula is C17H14N4O3. The summed E-state index contributed by atoms with van der Waals surface area (Å²) in [6, 6.07) is 8.88. The van der Waals surface area contributed by atoms with E-state index in [0.29, 0.717) is 27.8 Å². The van der Waals surface area contributed by atoms with Crippen LogP contribution in [0.3, 0.4) is 0 Å². The molecule has 120 valence electrons. The number of benzene rings is 1. The Morgan fingerprint density at radius 3 is 2.62 bits per heavy atom. The Labute approximate surface area is 136 Å². The molecule has 0 spiro atoms. The number of aromatic amines is 1. The van der Waals surface area contributed by atoms with Crippen LogP contribution in [0.15, 0.2) is 47.5 Å². The van der Waals surface area contributed by atoms with Crippen molar-refractivity contribution in [2.24, 2.45) is 0 Å². The number of methoxy groups -OCH3 is 1. The van der Waals surface area contributed by atoms with Crippen LogP contribution in [0.25, 0.3) is 27.5 Å². The van der Waals surface area contributed by atoms with Crippen molar-refractivity contribution in [3.63, 3.8) is 0 Å². The predicted molar refractivity (Wildman–Crippen MR) is 89.5 cm³/mol. The van der Waals surface area contributed by atoms with E-state index in [2.05, 4.69) is 15.1 Å². The van der Waals surface area contributed by atoms with Gasteiger partial charge in [-0.1, -0.05) is 0 Å². The minimum absolute atomic E-state index is 0.154. The fourth-order valence-corrected chi connectivity index (χ4v) is 2.69. The maximum atomic E-state index is 12.7. The molecule has 3 aromatic heterocycles. The molecule has 0 amide bonds. The van der Waals surface area contributed by atoms with Gasteiger partial charge in [-0.15, -0.1) is 0 Å². The highest BCUT2D eigenvalue weighted by Crippen LogP contribution is 2.21. The SMILES string of the molecule is COc1ccc(-n2[nH]c3c(cnc4cc(CO)ncc43)c2=O)cc1. The van der Waals surface area contributed by atoms with Crippen LogP contribution in [-0.4, -0.2) is 32.0 Å². The first-order chi connectivity index (χ1) is 11.7. The van der Waals surface area contributed by atoms with E-state index in [4.69, 9.17) is 4.74 Å². The van der Waals surface area contributed by atoms with Crippen molar-refractivity contribution in [1.29, 1.82) is 0 Å². The minimum Gasteiger partial charge on any atom is -0.497 e. The molecule has 0 aliphatic rings. The summed E-state index contributed by atoms with van der Waals surface area (Å²) in [6.07, 6.45) is 3.15. The maximum absolute atomic E-state index is 12.7. The molecule has 7 heteroatoms. The second kappa shape index (κ2) is 5.47. The van der Waals surface area contributed by atoms with Crippen LogP contribution in [0, 0.1) is 0 Å². The number of hydrogen-bond donors (Lipinski definition) is 2. The molecule has 0 aliphatic heterocycles. The summed E-state index contributed by atoms with van der Waals surface area (Å²) in [4.78, 5) is 21.1. The molecule has 3 heterocycles. The molecule has 0 radical (unpaired) electrons. The summed E-state index contributed by atoms with van der Waals surface area (Å²) in [5.74, 6) is 0.718. The van der Waals surface area contributed by atoms with Gasteiger partial charge in [0.1, 0.15) is 5.75 Å². The Kier molecular flexibility index (Phi) is 3.28. The molecule has 2 N–H and O–H groups in total. The first kappa shape index (κ1) is 14.4. The van der Waals surface area contributed by atoms with Crippen molar-refractivity contribution < 1.29 is 9.84 Å². The van der Waals surface area contributed by atoms with E-state index < -0.39 is 0 Å². The number of fused-ring (bicyclic) bond motifs is 3. The van der Waals surface area contributed by atoms with Gasteiger partial charge >= 0.3 is 0 Å². The molecule has 24 heavy (non-hydrogen) atoms. The molecule has 0 fully saturated rings. The zero-order valence-electron chi connectivity index (χ0n) is 12.9. The van der Waals surface area contributed by atoms with Crippen LogP contribution in [-0.2, 0) is 6.61 Å². The largest absolute Gasteiger partial charge is 0.497 e. The van der Waals surface area contributed by atoms with E-state index in [-0.39, 0.29) is 12.2 Å². The number of ether oxygens (including phenoxy) is 1. The second-order valence-corrected chi connectivity index (χ2v) is 5.35. The average Bonchev–Trinajstić information content (AvgIpc) is 2.98. The highest BCUT2D eigenvalue weighted by Gasteiger charge is 2.12. The van der Waals surface area contributed by atoms with E-state index in [1.807, 2.05) is 0 Å². The third-order valence-electron chi connectivity index (χ3n) is 3.96. The molecule has 0 saturated carbocycles. The van der Waals surface area contributed by atoms with Gasteiger partial charge in [0.2, 0.25) is 0 Å². The number of nitrogens with one attached hydrogen (secondary N) is 1. The smallest absolute Gasteiger partial charge is 0.280 e. The number of hydrogen-bond acceptors (Lipinski definition) is 5. The summed E-state index contributed by atoms with van der Waals surface area (Å²) < 4.78 is 6.60. The lowest BCUT2D eigenvalue weighted by molar-refractivity contribution is 0.277.